The Labute approximate surface area is 219 Å². The van der Waals surface area contributed by atoms with Gasteiger partial charge in [-0.15, -0.1) is 0 Å². The van der Waals surface area contributed by atoms with Crippen LogP contribution in [0.4, 0.5) is 4.79 Å². The molecule has 1 aromatic heterocycles. The van der Waals surface area contributed by atoms with Crippen molar-refractivity contribution in [1.82, 2.24) is 4.57 Å². The Morgan fingerprint density at radius 2 is 1.53 bits per heavy atom. The highest BCUT2D eigenvalue weighted by Gasteiger charge is 2.54. The zero-order valence-electron chi connectivity index (χ0n) is 24.9. The molecule has 0 amide bonds. The number of hydrogen-bond donors (Lipinski definition) is 0. The lowest BCUT2D eigenvalue weighted by Crippen LogP contribution is -2.44. The number of aromatic nitrogens is 1. The van der Waals surface area contributed by atoms with Gasteiger partial charge in [-0.2, -0.15) is 0 Å². The van der Waals surface area contributed by atoms with Crippen molar-refractivity contribution in [3.63, 3.8) is 0 Å². The number of benzene rings is 1. The van der Waals surface area contributed by atoms with E-state index in [4.69, 9.17) is 18.5 Å². The Morgan fingerprint density at radius 3 is 1.97 bits per heavy atom. The van der Waals surface area contributed by atoms with E-state index in [1.54, 1.807) is 4.57 Å². The number of fused-ring (bicyclic) bond motifs is 1. The highest BCUT2D eigenvalue weighted by atomic mass is 28.4. The third-order valence-electron chi connectivity index (χ3n) is 7.83. The van der Waals surface area contributed by atoms with Crippen LogP contribution < -0.4 is 10.0 Å². The third-order valence-corrected chi connectivity index (χ3v) is 12.2. The van der Waals surface area contributed by atoms with Gasteiger partial charge in [-0.3, -0.25) is 4.57 Å². The molecule has 6 nitrogen and oxygen atoms in total. The number of nitrogens with zero attached hydrogens (tertiary/aromatic N) is 1. The second-order valence-corrected chi connectivity index (χ2v) is 18.6. The Hall–Kier alpha value is -1.77. The highest BCUT2D eigenvalue weighted by molar-refractivity contribution is 6.74. The summed E-state index contributed by atoms with van der Waals surface area (Å²) in [5.41, 5.74) is 0.729. The van der Waals surface area contributed by atoms with E-state index < -0.39 is 38.3 Å². The first kappa shape index (κ1) is 28.8. The average Bonchev–Trinajstić information content (AvgIpc) is 3.09. The molecule has 1 aromatic carbocycles. The Bertz CT molecular complexity index is 1140. The predicted octanol–water partition coefficient (Wildman–Crippen LogP) is 7.23. The normalized spacial score (nSPS) is 18.2. The number of carbonyl (C=O) groups is 1. The van der Waals surface area contributed by atoms with Crippen LogP contribution in [-0.2, 0) is 14.0 Å². The first-order chi connectivity index (χ1) is 16.1. The molecule has 2 aromatic rings. The van der Waals surface area contributed by atoms with Crippen molar-refractivity contribution in [2.45, 2.75) is 124 Å². The maximum atomic E-state index is 13.7. The zero-order chi connectivity index (χ0) is 27.6. The average molecular weight is 516 g/mol. The molecule has 2 heterocycles. The summed E-state index contributed by atoms with van der Waals surface area (Å²) in [6.45, 7) is 29.1. The van der Waals surface area contributed by atoms with Crippen molar-refractivity contribution in [1.29, 1.82) is 0 Å². The van der Waals surface area contributed by atoms with E-state index in [1.165, 1.54) is 0 Å². The minimum absolute atomic E-state index is 0.0686. The first-order valence-corrected chi connectivity index (χ1v) is 15.9. The van der Waals surface area contributed by atoms with Crippen LogP contribution in [-0.4, -0.2) is 42.9 Å². The molecular weight excluding hydrogens is 469 g/mol. The van der Waals surface area contributed by atoms with Gasteiger partial charge in [0.2, 0.25) is 8.32 Å². The van der Waals surface area contributed by atoms with Crippen LogP contribution in [0, 0.1) is 0 Å². The van der Waals surface area contributed by atoms with Crippen molar-refractivity contribution in [2.24, 2.45) is 0 Å². The van der Waals surface area contributed by atoms with Crippen molar-refractivity contribution in [3.05, 3.63) is 23.8 Å². The van der Waals surface area contributed by atoms with Gasteiger partial charge in [-0.1, -0.05) is 34.6 Å². The summed E-state index contributed by atoms with van der Waals surface area (Å²) in [6.07, 6.45) is -0.442. The lowest BCUT2D eigenvalue weighted by Gasteiger charge is -2.36. The van der Waals surface area contributed by atoms with Crippen LogP contribution in [0.25, 0.3) is 10.9 Å². The lowest BCUT2D eigenvalue weighted by atomic mass is 9.78. The molecule has 200 valence electrons. The van der Waals surface area contributed by atoms with E-state index in [-0.39, 0.29) is 11.0 Å². The fourth-order valence-corrected chi connectivity index (χ4v) is 5.15. The van der Waals surface area contributed by atoms with Gasteiger partial charge in [0.15, 0.2) is 0 Å². The number of ether oxygens (including phenoxy) is 1. The SMILES string of the molecule is CC(C)c1c(B2OC(C)(C)C(C)(C)O2)n(C(=O)OC(C)(C)C)c2ccc(O[Si](C)(C)C(C)(C)C)cc12. The van der Waals surface area contributed by atoms with Crippen LogP contribution in [0.3, 0.4) is 0 Å². The quantitative estimate of drug-likeness (QED) is 0.402. The molecule has 3 rings (SSSR count). The monoisotopic (exact) mass is 515 g/mol. The molecule has 0 N–H and O–H groups in total. The standard InChI is InChI=1S/C28H46BNO5Si/c1-18(2)22-20-17-19(33-36(13,14)26(6,7)8)15-16-21(20)30(24(31)32-25(3,4)5)23(22)29-34-27(9,10)28(11,12)35-29/h15-18H,1-14H3. The fourth-order valence-electron chi connectivity index (χ4n) is 4.12. The molecule has 8 heteroatoms. The van der Waals surface area contributed by atoms with Crippen LogP contribution in [0.2, 0.25) is 18.1 Å². The van der Waals surface area contributed by atoms with Gasteiger partial charge in [0.1, 0.15) is 11.4 Å². The van der Waals surface area contributed by atoms with Crippen LogP contribution in [0.1, 0.15) is 94.6 Å². The minimum Gasteiger partial charge on any atom is -0.543 e. The summed E-state index contributed by atoms with van der Waals surface area (Å²) >= 11 is 0. The van der Waals surface area contributed by atoms with E-state index in [2.05, 4.69) is 53.8 Å². The molecule has 0 aliphatic carbocycles. The molecule has 1 aliphatic heterocycles. The van der Waals surface area contributed by atoms with E-state index in [1.807, 2.05) is 60.6 Å². The Balaban J connectivity index is 2.29. The van der Waals surface area contributed by atoms with E-state index in [9.17, 15) is 4.79 Å². The van der Waals surface area contributed by atoms with E-state index >= 15 is 0 Å². The molecule has 0 spiro atoms. The van der Waals surface area contributed by atoms with Crippen LogP contribution in [0.15, 0.2) is 18.2 Å². The van der Waals surface area contributed by atoms with Crippen molar-refractivity contribution in [2.75, 3.05) is 0 Å². The van der Waals surface area contributed by atoms with Crippen molar-refractivity contribution < 1.29 is 23.3 Å². The van der Waals surface area contributed by atoms with E-state index in [0.717, 1.165) is 22.2 Å². The molecule has 0 bridgehead atoms. The molecule has 1 saturated heterocycles. The molecule has 0 atom stereocenters. The second kappa shape index (κ2) is 8.91. The Morgan fingerprint density at radius 1 is 1.00 bits per heavy atom. The first-order valence-electron chi connectivity index (χ1n) is 13.0. The van der Waals surface area contributed by atoms with Gasteiger partial charge < -0.3 is 18.5 Å². The topological polar surface area (TPSA) is 58.9 Å². The maximum Gasteiger partial charge on any atom is 0.513 e. The fraction of sp³-hybridized carbons (Fsp3) is 0.679. The molecule has 0 radical (unpaired) electrons. The van der Waals surface area contributed by atoms with Gasteiger partial charge in [-0.05, 0) is 96.3 Å². The predicted molar refractivity (Wildman–Crippen MR) is 151 cm³/mol. The van der Waals surface area contributed by atoms with Crippen molar-refractivity contribution in [3.8, 4) is 5.75 Å². The summed E-state index contributed by atoms with van der Waals surface area (Å²) < 4.78 is 27.1. The smallest absolute Gasteiger partial charge is 0.513 e. The van der Waals surface area contributed by atoms with E-state index in [0.29, 0.717) is 5.59 Å². The number of carbonyl (C=O) groups excluding carboxylic acids is 1. The van der Waals surface area contributed by atoms with Crippen LogP contribution in [0.5, 0.6) is 5.75 Å². The number of hydrogen-bond acceptors (Lipinski definition) is 5. The zero-order valence-corrected chi connectivity index (χ0v) is 25.9. The summed E-state index contributed by atoms with van der Waals surface area (Å²) in [5.74, 6) is 0.922. The highest BCUT2D eigenvalue weighted by Crippen LogP contribution is 2.41. The molecule has 1 aliphatic rings. The molecule has 1 fully saturated rings. The Kier molecular flexibility index (Phi) is 7.13. The van der Waals surface area contributed by atoms with Crippen molar-refractivity contribution >= 4 is 38.0 Å². The van der Waals surface area contributed by atoms with Crippen LogP contribution >= 0.6 is 0 Å². The number of rotatable bonds is 4. The van der Waals surface area contributed by atoms with Gasteiger partial charge in [0, 0.05) is 5.39 Å². The lowest BCUT2D eigenvalue weighted by molar-refractivity contribution is 0.00578. The third kappa shape index (κ3) is 5.27. The molecule has 0 saturated carbocycles. The van der Waals surface area contributed by atoms with Gasteiger partial charge in [0.05, 0.1) is 22.3 Å². The maximum absolute atomic E-state index is 13.7. The largest absolute Gasteiger partial charge is 0.543 e. The summed E-state index contributed by atoms with van der Waals surface area (Å²) in [4.78, 5) is 13.7. The summed E-state index contributed by atoms with van der Waals surface area (Å²) in [6, 6.07) is 5.99. The molecule has 36 heavy (non-hydrogen) atoms. The van der Waals surface area contributed by atoms with Gasteiger partial charge in [-0.25, -0.2) is 4.79 Å². The van der Waals surface area contributed by atoms with Gasteiger partial charge in [0.25, 0.3) is 0 Å². The molecule has 0 unspecified atom stereocenters. The summed E-state index contributed by atoms with van der Waals surface area (Å²) in [7, 11) is -2.76. The van der Waals surface area contributed by atoms with Gasteiger partial charge >= 0.3 is 13.2 Å². The second-order valence-electron chi connectivity index (χ2n) is 13.9. The molecular formula is C28H46BNO5Si. The summed E-state index contributed by atoms with van der Waals surface area (Å²) in [5, 5.41) is 1.02. The minimum atomic E-state index is -2.05.